The maximum Gasteiger partial charge on any atom is 0.256 e. The maximum absolute atomic E-state index is 12.2. The Morgan fingerprint density at radius 3 is 2.53 bits per heavy atom. The molecule has 0 spiro atoms. The first-order valence-electron chi connectivity index (χ1n) is 5.91. The van der Waals surface area contributed by atoms with Crippen molar-refractivity contribution in [2.45, 2.75) is 13.8 Å². The van der Waals surface area contributed by atoms with Gasteiger partial charge in [-0.25, -0.2) is 0 Å². The quantitative estimate of drug-likeness (QED) is 0.819. The second-order valence-corrected chi connectivity index (χ2v) is 4.86. The van der Waals surface area contributed by atoms with Gasteiger partial charge in [0.15, 0.2) is 0 Å². The Bertz CT molecular complexity index is 638. The van der Waals surface area contributed by atoms with Gasteiger partial charge in [-0.1, -0.05) is 29.8 Å². The van der Waals surface area contributed by atoms with Crippen LogP contribution in [0.1, 0.15) is 21.5 Å². The molecule has 0 unspecified atom stereocenters. The van der Waals surface area contributed by atoms with E-state index in [9.17, 15) is 4.79 Å². The number of carbonyl (C=O) groups is 1. The summed E-state index contributed by atoms with van der Waals surface area (Å²) in [6, 6.07) is 10.7. The summed E-state index contributed by atoms with van der Waals surface area (Å²) < 4.78 is 0. The second-order valence-electron chi connectivity index (χ2n) is 4.46. The van der Waals surface area contributed by atoms with E-state index in [4.69, 9.17) is 17.3 Å². The largest absolute Gasteiger partial charge is 0.398 e. The third-order valence-corrected chi connectivity index (χ3v) is 3.31. The van der Waals surface area contributed by atoms with Crippen molar-refractivity contribution in [2.75, 3.05) is 11.1 Å². The SMILES string of the molecule is Cc1cc(C)c(C(=O)Nc2ccccc2Cl)cc1N. The minimum Gasteiger partial charge on any atom is -0.398 e. The summed E-state index contributed by atoms with van der Waals surface area (Å²) in [5, 5.41) is 3.30. The summed E-state index contributed by atoms with van der Waals surface area (Å²) in [7, 11) is 0. The number of amides is 1. The Kier molecular flexibility index (Phi) is 3.76. The van der Waals surface area contributed by atoms with Crippen molar-refractivity contribution in [3.05, 3.63) is 58.1 Å². The van der Waals surface area contributed by atoms with E-state index in [0.717, 1.165) is 11.1 Å². The predicted octanol–water partition coefficient (Wildman–Crippen LogP) is 3.79. The van der Waals surface area contributed by atoms with E-state index < -0.39 is 0 Å². The number of hydrogen-bond acceptors (Lipinski definition) is 2. The third-order valence-electron chi connectivity index (χ3n) is 2.98. The standard InChI is InChI=1S/C15H15ClN2O/c1-9-7-10(2)13(17)8-11(9)15(19)18-14-6-4-3-5-12(14)16/h3-8H,17H2,1-2H3,(H,18,19). The fraction of sp³-hybridized carbons (Fsp3) is 0.133. The molecule has 4 heteroatoms. The molecule has 2 rings (SSSR count). The van der Waals surface area contributed by atoms with Gasteiger partial charge < -0.3 is 11.1 Å². The zero-order chi connectivity index (χ0) is 14.0. The molecular formula is C15H15ClN2O. The predicted molar refractivity (Wildman–Crippen MR) is 79.7 cm³/mol. The van der Waals surface area contributed by atoms with E-state index in [2.05, 4.69) is 5.32 Å². The van der Waals surface area contributed by atoms with E-state index in [1.165, 1.54) is 0 Å². The first-order valence-corrected chi connectivity index (χ1v) is 6.29. The molecule has 3 nitrogen and oxygen atoms in total. The first kappa shape index (κ1) is 13.4. The van der Waals surface area contributed by atoms with Crippen LogP contribution in [0.15, 0.2) is 36.4 Å². The molecule has 0 bridgehead atoms. The van der Waals surface area contributed by atoms with Crippen LogP contribution in [0.5, 0.6) is 0 Å². The van der Waals surface area contributed by atoms with Gasteiger partial charge in [-0.3, -0.25) is 4.79 Å². The highest BCUT2D eigenvalue weighted by Crippen LogP contribution is 2.23. The zero-order valence-corrected chi connectivity index (χ0v) is 11.6. The molecule has 0 heterocycles. The summed E-state index contributed by atoms with van der Waals surface area (Å²) in [6.45, 7) is 3.80. The Balaban J connectivity index is 2.31. The smallest absolute Gasteiger partial charge is 0.256 e. The highest BCUT2D eigenvalue weighted by atomic mass is 35.5. The number of para-hydroxylation sites is 1. The van der Waals surface area contributed by atoms with Crippen LogP contribution in [-0.4, -0.2) is 5.91 Å². The molecule has 0 atom stereocenters. The fourth-order valence-electron chi connectivity index (χ4n) is 1.87. The lowest BCUT2D eigenvalue weighted by Gasteiger charge is -2.11. The van der Waals surface area contributed by atoms with Gasteiger partial charge in [-0.05, 0) is 43.2 Å². The summed E-state index contributed by atoms with van der Waals surface area (Å²) in [5.74, 6) is -0.211. The number of nitrogen functional groups attached to an aromatic ring is 1. The van der Waals surface area contributed by atoms with E-state index in [1.54, 1.807) is 18.2 Å². The van der Waals surface area contributed by atoms with Gasteiger partial charge in [-0.15, -0.1) is 0 Å². The van der Waals surface area contributed by atoms with Crippen molar-refractivity contribution >= 4 is 28.9 Å². The molecule has 0 radical (unpaired) electrons. The van der Waals surface area contributed by atoms with Crippen molar-refractivity contribution < 1.29 is 4.79 Å². The van der Waals surface area contributed by atoms with Gasteiger partial charge in [-0.2, -0.15) is 0 Å². The lowest BCUT2D eigenvalue weighted by molar-refractivity contribution is 0.102. The summed E-state index contributed by atoms with van der Waals surface area (Å²) in [4.78, 5) is 12.2. The number of aryl methyl sites for hydroxylation is 2. The lowest BCUT2D eigenvalue weighted by Crippen LogP contribution is -2.14. The number of rotatable bonds is 2. The molecule has 0 aliphatic carbocycles. The molecule has 0 saturated carbocycles. The number of halogens is 1. The van der Waals surface area contributed by atoms with E-state index in [1.807, 2.05) is 32.0 Å². The summed E-state index contributed by atoms with van der Waals surface area (Å²) in [6.07, 6.45) is 0. The van der Waals surface area contributed by atoms with E-state index >= 15 is 0 Å². The van der Waals surface area contributed by atoms with Crippen molar-refractivity contribution in [3.63, 3.8) is 0 Å². The van der Waals surface area contributed by atoms with Crippen LogP contribution in [0.2, 0.25) is 5.02 Å². The number of carbonyl (C=O) groups excluding carboxylic acids is 1. The van der Waals surface area contributed by atoms with Crippen LogP contribution < -0.4 is 11.1 Å². The Morgan fingerprint density at radius 1 is 1.16 bits per heavy atom. The van der Waals surface area contributed by atoms with E-state index in [0.29, 0.717) is 22.0 Å². The zero-order valence-electron chi connectivity index (χ0n) is 10.8. The fourth-order valence-corrected chi connectivity index (χ4v) is 2.05. The molecule has 19 heavy (non-hydrogen) atoms. The molecule has 0 fully saturated rings. The van der Waals surface area contributed by atoms with Crippen LogP contribution in [0.25, 0.3) is 0 Å². The Labute approximate surface area is 117 Å². The van der Waals surface area contributed by atoms with Crippen molar-refractivity contribution in [1.29, 1.82) is 0 Å². The second kappa shape index (κ2) is 5.33. The lowest BCUT2D eigenvalue weighted by atomic mass is 10.0. The molecule has 2 aromatic carbocycles. The summed E-state index contributed by atoms with van der Waals surface area (Å²) in [5.41, 5.74) is 9.45. The van der Waals surface area contributed by atoms with Crippen molar-refractivity contribution in [2.24, 2.45) is 0 Å². The number of anilines is 2. The van der Waals surface area contributed by atoms with Crippen molar-refractivity contribution in [1.82, 2.24) is 0 Å². The normalized spacial score (nSPS) is 10.3. The highest BCUT2D eigenvalue weighted by Gasteiger charge is 2.12. The van der Waals surface area contributed by atoms with Gasteiger partial charge in [0.1, 0.15) is 0 Å². The van der Waals surface area contributed by atoms with Gasteiger partial charge in [0.2, 0.25) is 0 Å². The highest BCUT2D eigenvalue weighted by molar-refractivity contribution is 6.33. The topological polar surface area (TPSA) is 55.1 Å². The van der Waals surface area contributed by atoms with Gasteiger partial charge in [0.05, 0.1) is 10.7 Å². The molecule has 0 aliphatic rings. The van der Waals surface area contributed by atoms with Crippen LogP contribution in [0.4, 0.5) is 11.4 Å². The maximum atomic E-state index is 12.2. The molecule has 3 N–H and O–H groups in total. The number of nitrogens with one attached hydrogen (secondary N) is 1. The molecule has 2 aromatic rings. The average molecular weight is 275 g/mol. The Morgan fingerprint density at radius 2 is 1.84 bits per heavy atom. The van der Waals surface area contributed by atoms with Gasteiger partial charge in [0.25, 0.3) is 5.91 Å². The number of hydrogen-bond donors (Lipinski definition) is 2. The molecular weight excluding hydrogens is 260 g/mol. The van der Waals surface area contributed by atoms with Crippen LogP contribution in [0, 0.1) is 13.8 Å². The molecule has 0 saturated heterocycles. The number of nitrogens with two attached hydrogens (primary N) is 1. The van der Waals surface area contributed by atoms with E-state index in [-0.39, 0.29) is 5.91 Å². The van der Waals surface area contributed by atoms with Gasteiger partial charge >= 0.3 is 0 Å². The van der Waals surface area contributed by atoms with Crippen LogP contribution in [0.3, 0.4) is 0 Å². The molecule has 0 aromatic heterocycles. The third kappa shape index (κ3) is 2.88. The molecule has 0 aliphatic heterocycles. The van der Waals surface area contributed by atoms with Crippen molar-refractivity contribution in [3.8, 4) is 0 Å². The monoisotopic (exact) mass is 274 g/mol. The average Bonchev–Trinajstić information content (AvgIpc) is 2.36. The minimum atomic E-state index is -0.211. The first-order chi connectivity index (χ1) is 8.99. The molecule has 98 valence electrons. The van der Waals surface area contributed by atoms with Gasteiger partial charge in [0, 0.05) is 11.3 Å². The van der Waals surface area contributed by atoms with Crippen LogP contribution >= 0.6 is 11.6 Å². The molecule has 1 amide bonds. The minimum absolute atomic E-state index is 0.211. The Hall–Kier alpha value is -2.00. The van der Waals surface area contributed by atoms with Crippen LogP contribution in [-0.2, 0) is 0 Å². The summed E-state index contributed by atoms with van der Waals surface area (Å²) >= 11 is 6.01. The number of benzene rings is 2.